The molecule has 0 aliphatic rings. The second kappa shape index (κ2) is 9.56. The first-order valence-corrected chi connectivity index (χ1v) is 8.70. The molecule has 1 heterocycles. The van der Waals surface area contributed by atoms with Crippen LogP contribution >= 0.6 is 0 Å². The van der Waals surface area contributed by atoms with E-state index in [0.29, 0.717) is 24.6 Å². The predicted octanol–water partition coefficient (Wildman–Crippen LogP) is 2.52. The lowest BCUT2D eigenvalue weighted by Gasteiger charge is -2.18. The first-order valence-electron chi connectivity index (χ1n) is 8.70. The summed E-state index contributed by atoms with van der Waals surface area (Å²) in [5.74, 6) is 0.584. The van der Waals surface area contributed by atoms with Crippen molar-refractivity contribution >= 4 is 11.8 Å². The molecule has 1 aromatic heterocycles. The summed E-state index contributed by atoms with van der Waals surface area (Å²) in [7, 11) is 0. The molecule has 2 N–H and O–H groups in total. The van der Waals surface area contributed by atoms with Gasteiger partial charge in [-0.3, -0.25) is 14.6 Å². The molecule has 0 saturated heterocycles. The van der Waals surface area contributed by atoms with Crippen molar-refractivity contribution in [3.8, 4) is 5.75 Å². The fourth-order valence-corrected chi connectivity index (χ4v) is 2.41. The highest BCUT2D eigenvalue weighted by atomic mass is 16.5. The molecule has 0 fully saturated rings. The van der Waals surface area contributed by atoms with Crippen LogP contribution in [0.25, 0.3) is 0 Å². The molecule has 2 amide bonds. The zero-order valence-electron chi connectivity index (χ0n) is 15.4. The molecule has 0 aliphatic carbocycles. The number of carbonyl (C=O) groups excluding carboxylic acids is 2. The molecule has 0 bridgehead atoms. The molecular weight excluding hydrogens is 330 g/mol. The van der Waals surface area contributed by atoms with E-state index in [1.165, 1.54) is 6.20 Å². The van der Waals surface area contributed by atoms with Crippen molar-refractivity contribution in [2.45, 2.75) is 32.8 Å². The van der Waals surface area contributed by atoms with E-state index in [9.17, 15) is 9.59 Å². The van der Waals surface area contributed by atoms with Crippen molar-refractivity contribution in [3.05, 3.63) is 59.9 Å². The van der Waals surface area contributed by atoms with Gasteiger partial charge in [0.2, 0.25) is 0 Å². The van der Waals surface area contributed by atoms with Crippen LogP contribution in [-0.4, -0.2) is 36.0 Å². The monoisotopic (exact) mass is 355 g/mol. The van der Waals surface area contributed by atoms with Crippen LogP contribution in [0.3, 0.4) is 0 Å². The third-order valence-electron chi connectivity index (χ3n) is 3.85. The van der Waals surface area contributed by atoms with E-state index in [-0.39, 0.29) is 11.8 Å². The van der Waals surface area contributed by atoms with E-state index in [0.717, 1.165) is 11.3 Å². The Balaban J connectivity index is 1.77. The van der Waals surface area contributed by atoms with Gasteiger partial charge in [-0.2, -0.15) is 0 Å². The zero-order chi connectivity index (χ0) is 18.9. The number of aromatic nitrogens is 1. The van der Waals surface area contributed by atoms with Crippen molar-refractivity contribution in [2.24, 2.45) is 0 Å². The smallest absolute Gasteiger partial charge is 0.260 e. The summed E-state index contributed by atoms with van der Waals surface area (Å²) in [6.07, 6.45) is 2.48. The van der Waals surface area contributed by atoms with Gasteiger partial charge in [0, 0.05) is 25.5 Å². The molecule has 138 valence electrons. The molecule has 26 heavy (non-hydrogen) atoms. The summed E-state index contributed by atoms with van der Waals surface area (Å²) in [4.78, 5) is 28.0. The van der Waals surface area contributed by atoms with Crippen molar-refractivity contribution in [3.63, 3.8) is 0 Å². The lowest BCUT2D eigenvalue weighted by Crippen LogP contribution is -2.40. The number of pyridine rings is 1. The minimum absolute atomic E-state index is 0.220. The maximum absolute atomic E-state index is 12.2. The second-order valence-corrected chi connectivity index (χ2v) is 6.24. The third-order valence-corrected chi connectivity index (χ3v) is 3.85. The average molecular weight is 355 g/mol. The van der Waals surface area contributed by atoms with Crippen LogP contribution in [0.15, 0.2) is 48.8 Å². The molecule has 2 aromatic rings. The Labute approximate surface area is 154 Å². The van der Waals surface area contributed by atoms with Crippen LogP contribution in [-0.2, 0) is 4.79 Å². The molecule has 6 heteroatoms. The van der Waals surface area contributed by atoms with Crippen LogP contribution in [0.5, 0.6) is 5.75 Å². The fraction of sp³-hybridized carbons (Fsp3) is 0.350. The van der Waals surface area contributed by atoms with E-state index in [1.807, 2.05) is 24.3 Å². The number of rotatable bonds is 8. The van der Waals surface area contributed by atoms with Gasteiger partial charge in [-0.05, 0) is 36.6 Å². The fourth-order valence-electron chi connectivity index (χ4n) is 2.41. The van der Waals surface area contributed by atoms with Crippen molar-refractivity contribution in [1.29, 1.82) is 0 Å². The van der Waals surface area contributed by atoms with Gasteiger partial charge in [-0.1, -0.05) is 32.0 Å². The van der Waals surface area contributed by atoms with Gasteiger partial charge < -0.3 is 15.4 Å². The average Bonchev–Trinajstić information content (AvgIpc) is 2.65. The Hall–Kier alpha value is -2.89. The van der Waals surface area contributed by atoms with E-state index in [1.54, 1.807) is 25.3 Å². The maximum atomic E-state index is 12.2. The molecule has 6 nitrogen and oxygen atoms in total. The van der Waals surface area contributed by atoms with Crippen LogP contribution in [0.2, 0.25) is 0 Å². The summed E-state index contributed by atoms with van der Waals surface area (Å²) < 4.78 is 5.81. The number of hydrogen-bond donors (Lipinski definition) is 2. The number of nitrogens with zero attached hydrogens (tertiary/aromatic N) is 1. The number of nitrogens with one attached hydrogen (secondary N) is 2. The first-order chi connectivity index (χ1) is 12.5. The van der Waals surface area contributed by atoms with Crippen molar-refractivity contribution < 1.29 is 14.3 Å². The number of benzene rings is 1. The van der Waals surface area contributed by atoms with Gasteiger partial charge in [-0.25, -0.2) is 0 Å². The van der Waals surface area contributed by atoms with E-state index >= 15 is 0 Å². The molecule has 1 unspecified atom stereocenters. The lowest BCUT2D eigenvalue weighted by molar-refractivity contribution is -0.127. The molecule has 1 aromatic carbocycles. The van der Waals surface area contributed by atoms with Gasteiger partial charge in [0.15, 0.2) is 6.10 Å². The third kappa shape index (κ3) is 5.58. The summed E-state index contributed by atoms with van der Waals surface area (Å²) in [6.45, 7) is 6.52. The predicted molar refractivity (Wildman–Crippen MR) is 100 cm³/mol. The molecule has 1 atom stereocenters. The standard InChI is InChI=1S/C20H25N3O3/c1-14(2)17-8-4-5-9-18(17)26-15(3)19(24)22-11-12-23-20(25)16-7-6-10-21-13-16/h4-10,13-15H,11-12H2,1-3H3,(H,22,24)(H,23,25). The molecule has 0 spiro atoms. The van der Waals surface area contributed by atoms with Crippen molar-refractivity contribution in [1.82, 2.24) is 15.6 Å². The van der Waals surface area contributed by atoms with Crippen molar-refractivity contribution in [2.75, 3.05) is 13.1 Å². The van der Waals surface area contributed by atoms with Gasteiger partial charge >= 0.3 is 0 Å². The Morgan fingerprint density at radius 1 is 1.04 bits per heavy atom. The van der Waals surface area contributed by atoms with Crippen LogP contribution in [0.1, 0.15) is 42.6 Å². The minimum Gasteiger partial charge on any atom is -0.481 e. The van der Waals surface area contributed by atoms with E-state index < -0.39 is 6.10 Å². The van der Waals surface area contributed by atoms with Crippen LogP contribution in [0, 0.1) is 0 Å². The summed E-state index contributed by atoms with van der Waals surface area (Å²) >= 11 is 0. The van der Waals surface area contributed by atoms with Gasteiger partial charge in [0.05, 0.1) is 5.56 Å². The highest BCUT2D eigenvalue weighted by molar-refractivity contribution is 5.93. The summed E-state index contributed by atoms with van der Waals surface area (Å²) in [5.41, 5.74) is 1.55. The van der Waals surface area contributed by atoms with E-state index in [4.69, 9.17) is 4.74 Å². The normalized spacial score (nSPS) is 11.7. The number of carbonyl (C=O) groups is 2. The van der Waals surface area contributed by atoms with Gasteiger partial charge in [-0.15, -0.1) is 0 Å². The number of hydrogen-bond acceptors (Lipinski definition) is 4. The van der Waals surface area contributed by atoms with Gasteiger partial charge in [0.25, 0.3) is 11.8 Å². The van der Waals surface area contributed by atoms with E-state index in [2.05, 4.69) is 29.5 Å². The first kappa shape index (κ1) is 19.4. The number of amides is 2. The SMILES string of the molecule is CC(Oc1ccccc1C(C)C)C(=O)NCCNC(=O)c1cccnc1. The summed E-state index contributed by atoms with van der Waals surface area (Å²) in [6, 6.07) is 11.1. The Morgan fingerprint density at radius 3 is 2.46 bits per heavy atom. The maximum Gasteiger partial charge on any atom is 0.260 e. The Bertz CT molecular complexity index is 732. The number of para-hydroxylation sites is 1. The molecule has 0 aliphatic heterocycles. The minimum atomic E-state index is -0.621. The largest absolute Gasteiger partial charge is 0.481 e. The highest BCUT2D eigenvalue weighted by Crippen LogP contribution is 2.26. The summed E-state index contributed by atoms with van der Waals surface area (Å²) in [5, 5.41) is 5.50. The van der Waals surface area contributed by atoms with Crippen LogP contribution < -0.4 is 15.4 Å². The molecule has 0 saturated carbocycles. The molecule has 2 rings (SSSR count). The second-order valence-electron chi connectivity index (χ2n) is 6.24. The Kier molecular flexibility index (Phi) is 7.14. The quantitative estimate of drug-likeness (QED) is 0.713. The van der Waals surface area contributed by atoms with Crippen LogP contribution in [0.4, 0.5) is 0 Å². The molecular formula is C20H25N3O3. The van der Waals surface area contributed by atoms with Gasteiger partial charge in [0.1, 0.15) is 5.75 Å². The number of ether oxygens (including phenoxy) is 1. The lowest BCUT2D eigenvalue weighted by atomic mass is 10.0. The topological polar surface area (TPSA) is 80.3 Å². The Morgan fingerprint density at radius 2 is 1.77 bits per heavy atom. The zero-order valence-corrected chi connectivity index (χ0v) is 15.4. The molecule has 0 radical (unpaired) electrons. The highest BCUT2D eigenvalue weighted by Gasteiger charge is 2.16.